The molecular weight excluding hydrogens is 512 g/mol. The SMILES string of the molecule is CC(COC(=O)C(Br)C(C)c1ccccc1)COC(=O)C(Br)C(C)c1ccccc1. The van der Waals surface area contributed by atoms with E-state index in [2.05, 4.69) is 31.9 Å². The maximum atomic E-state index is 12.4. The third-order valence-electron chi connectivity index (χ3n) is 5.00. The smallest absolute Gasteiger partial charge is 0.320 e. The Morgan fingerprint density at radius 2 is 1.03 bits per heavy atom. The van der Waals surface area contributed by atoms with Gasteiger partial charge < -0.3 is 9.47 Å². The first-order valence-electron chi connectivity index (χ1n) is 10.0. The third kappa shape index (κ3) is 7.24. The zero-order valence-electron chi connectivity index (χ0n) is 17.5. The minimum atomic E-state index is -0.437. The summed E-state index contributed by atoms with van der Waals surface area (Å²) in [6, 6.07) is 19.6. The van der Waals surface area contributed by atoms with E-state index in [0.29, 0.717) is 0 Å². The zero-order valence-corrected chi connectivity index (χ0v) is 20.6. The highest BCUT2D eigenvalue weighted by Gasteiger charge is 2.27. The summed E-state index contributed by atoms with van der Waals surface area (Å²) in [7, 11) is 0. The van der Waals surface area contributed by atoms with Crippen LogP contribution in [0.1, 0.15) is 43.7 Å². The van der Waals surface area contributed by atoms with Gasteiger partial charge in [-0.2, -0.15) is 0 Å². The molecule has 0 radical (unpaired) electrons. The van der Waals surface area contributed by atoms with Crippen LogP contribution < -0.4 is 0 Å². The molecule has 0 spiro atoms. The molecule has 0 aliphatic carbocycles. The van der Waals surface area contributed by atoms with Gasteiger partial charge >= 0.3 is 11.9 Å². The van der Waals surface area contributed by atoms with Crippen LogP contribution in [0.4, 0.5) is 0 Å². The number of carbonyl (C=O) groups is 2. The Morgan fingerprint density at radius 1 is 0.700 bits per heavy atom. The molecule has 2 rings (SSSR count). The quantitative estimate of drug-likeness (QED) is 0.281. The lowest BCUT2D eigenvalue weighted by Crippen LogP contribution is -2.28. The second-order valence-corrected chi connectivity index (χ2v) is 9.54. The van der Waals surface area contributed by atoms with E-state index < -0.39 is 9.65 Å². The second-order valence-electron chi connectivity index (χ2n) is 7.57. The van der Waals surface area contributed by atoms with E-state index in [1.807, 2.05) is 81.4 Å². The minimum Gasteiger partial charge on any atom is -0.464 e. The molecule has 0 bridgehead atoms. The van der Waals surface area contributed by atoms with Crippen LogP contribution in [0.25, 0.3) is 0 Å². The lowest BCUT2D eigenvalue weighted by atomic mass is 9.98. The van der Waals surface area contributed by atoms with Gasteiger partial charge in [-0.05, 0) is 11.1 Å². The van der Waals surface area contributed by atoms with Crippen LogP contribution >= 0.6 is 31.9 Å². The summed E-state index contributed by atoms with van der Waals surface area (Å²) in [5.74, 6) is -0.765. The normalized spacial score (nSPS) is 16.0. The molecule has 0 N–H and O–H groups in total. The molecule has 0 aromatic heterocycles. The number of hydrogen-bond acceptors (Lipinski definition) is 4. The number of ether oxygens (including phenoxy) is 2. The Morgan fingerprint density at radius 3 is 1.37 bits per heavy atom. The van der Waals surface area contributed by atoms with Crippen molar-refractivity contribution in [1.29, 1.82) is 0 Å². The van der Waals surface area contributed by atoms with Crippen LogP contribution in [0.5, 0.6) is 0 Å². The Balaban J connectivity index is 1.75. The van der Waals surface area contributed by atoms with Crippen molar-refractivity contribution in [3.63, 3.8) is 0 Å². The average Bonchev–Trinajstić information content (AvgIpc) is 2.80. The van der Waals surface area contributed by atoms with Crippen molar-refractivity contribution in [3.8, 4) is 0 Å². The van der Waals surface area contributed by atoms with Gasteiger partial charge in [0.05, 0.1) is 13.2 Å². The van der Waals surface area contributed by atoms with E-state index in [0.717, 1.165) is 11.1 Å². The maximum Gasteiger partial charge on any atom is 0.320 e. The van der Waals surface area contributed by atoms with Crippen LogP contribution in [-0.4, -0.2) is 34.8 Å². The monoisotopic (exact) mass is 538 g/mol. The number of esters is 2. The van der Waals surface area contributed by atoms with Gasteiger partial charge in [-0.1, -0.05) is 113 Å². The van der Waals surface area contributed by atoms with Gasteiger partial charge in [0.25, 0.3) is 0 Å². The second kappa shape index (κ2) is 12.3. The molecular formula is C24H28Br2O4. The van der Waals surface area contributed by atoms with Crippen LogP contribution in [-0.2, 0) is 19.1 Å². The van der Waals surface area contributed by atoms with Gasteiger partial charge in [-0.25, -0.2) is 0 Å². The van der Waals surface area contributed by atoms with Gasteiger partial charge in [0.15, 0.2) is 0 Å². The Hall–Kier alpha value is -1.66. The van der Waals surface area contributed by atoms with Crippen molar-refractivity contribution >= 4 is 43.8 Å². The molecule has 0 aliphatic rings. The number of carbonyl (C=O) groups excluding carboxylic acids is 2. The highest BCUT2D eigenvalue weighted by atomic mass is 79.9. The first-order valence-corrected chi connectivity index (χ1v) is 11.9. The molecule has 4 atom stereocenters. The number of rotatable bonds is 10. The zero-order chi connectivity index (χ0) is 22.1. The van der Waals surface area contributed by atoms with E-state index in [-0.39, 0.29) is 42.9 Å². The molecule has 162 valence electrons. The van der Waals surface area contributed by atoms with Gasteiger partial charge in [0.2, 0.25) is 0 Å². The summed E-state index contributed by atoms with van der Waals surface area (Å²) >= 11 is 6.90. The fraction of sp³-hybridized carbons (Fsp3) is 0.417. The standard InChI is InChI=1S/C24H28Br2O4/c1-16(14-29-23(27)21(25)17(2)19-10-6-4-7-11-19)15-30-24(28)22(26)18(3)20-12-8-5-9-13-20/h4-13,16-18,21-22H,14-15H2,1-3H3. The van der Waals surface area contributed by atoms with Crippen molar-refractivity contribution in [3.05, 3.63) is 71.8 Å². The Kier molecular flexibility index (Phi) is 10.1. The van der Waals surface area contributed by atoms with E-state index in [9.17, 15) is 9.59 Å². The van der Waals surface area contributed by atoms with E-state index in [4.69, 9.17) is 9.47 Å². The third-order valence-corrected chi connectivity index (χ3v) is 7.33. The predicted molar refractivity (Wildman–Crippen MR) is 126 cm³/mol. The van der Waals surface area contributed by atoms with Gasteiger partial charge in [0.1, 0.15) is 9.65 Å². The van der Waals surface area contributed by atoms with E-state index >= 15 is 0 Å². The number of alkyl halides is 2. The summed E-state index contributed by atoms with van der Waals surface area (Å²) in [4.78, 5) is 23.9. The molecule has 0 saturated heterocycles. The summed E-state index contributed by atoms with van der Waals surface area (Å²) in [5.41, 5.74) is 2.13. The summed E-state index contributed by atoms with van der Waals surface area (Å²) in [5, 5.41) is 0. The van der Waals surface area contributed by atoms with Crippen molar-refractivity contribution in [2.75, 3.05) is 13.2 Å². The van der Waals surface area contributed by atoms with Crippen molar-refractivity contribution < 1.29 is 19.1 Å². The first-order chi connectivity index (χ1) is 14.3. The summed E-state index contributed by atoms with van der Waals surface area (Å²) < 4.78 is 10.9. The summed E-state index contributed by atoms with van der Waals surface area (Å²) in [6.45, 7) is 6.22. The highest BCUT2D eigenvalue weighted by molar-refractivity contribution is 9.10. The van der Waals surface area contributed by atoms with Crippen LogP contribution in [0.3, 0.4) is 0 Å². The first kappa shape index (κ1) is 24.6. The van der Waals surface area contributed by atoms with Crippen molar-refractivity contribution in [2.45, 2.75) is 42.3 Å². The molecule has 4 unspecified atom stereocenters. The van der Waals surface area contributed by atoms with Crippen molar-refractivity contribution in [2.24, 2.45) is 5.92 Å². The van der Waals surface area contributed by atoms with Crippen LogP contribution in [0, 0.1) is 5.92 Å². The Bertz CT molecular complexity index is 730. The van der Waals surface area contributed by atoms with Crippen LogP contribution in [0.2, 0.25) is 0 Å². The fourth-order valence-electron chi connectivity index (χ4n) is 2.92. The minimum absolute atomic E-state index is 0.0135. The lowest BCUT2D eigenvalue weighted by Gasteiger charge is -2.20. The molecule has 0 heterocycles. The van der Waals surface area contributed by atoms with Crippen LogP contribution in [0.15, 0.2) is 60.7 Å². The number of benzene rings is 2. The molecule has 30 heavy (non-hydrogen) atoms. The number of hydrogen-bond donors (Lipinski definition) is 0. The maximum absolute atomic E-state index is 12.4. The predicted octanol–water partition coefficient (Wildman–Crippen LogP) is 5.84. The van der Waals surface area contributed by atoms with Gasteiger partial charge in [-0.3, -0.25) is 9.59 Å². The molecule has 2 aromatic rings. The molecule has 0 aliphatic heterocycles. The summed E-state index contributed by atoms with van der Waals surface area (Å²) in [6.07, 6.45) is 0. The van der Waals surface area contributed by atoms with Crippen molar-refractivity contribution in [1.82, 2.24) is 0 Å². The highest BCUT2D eigenvalue weighted by Crippen LogP contribution is 2.27. The number of halogens is 2. The van der Waals surface area contributed by atoms with Gasteiger partial charge in [-0.15, -0.1) is 0 Å². The lowest BCUT2D eigenvalue weighted by molar-refractivity contribution is -0.148. The molecule has 4 nitrogen and oxygen atoms in total. The molecule has 0 fully saturated rings. The molecule has 0 amide bonds. The topological polar surface area (TPSA) is 52.6 Å². The molecule has 2 aromatic carbocycles. The average molecular weight is 540 g/mol. The molecule has 0 saturated carbocycles. The van der Waals surface area contributed by atoms with Gasteiger partial charge in [0, 0.05) is 17.8 Å². The van der Waals surface area contributed by atoms with E-state index in [1.165, 1.54) is 0 Å². The largest absolute Gasteiger partial charge is 0.464 e. The molecule has 6 heteroatoms. The Labute approximate surface area is 195 Å². The fourth-order valence-corrected chi connectivity index (χ4v) is 3.79. The van der Waals surface area contributed by atoms with E-state index in [1.54, 1.807) is 0 Å².